The molecular weight excluding hydrogens is 325 g/mol. The number of benzene rings is 1. The molecule has 1 aliphatic heterocycles. The largest absolute Gasteiger partial charge is 0.511 e. The molecule has 24 heavy (non-hydrogen) atoms. The van der Waals surface area contributed by atoms with Crippen molar-refractivity contribution in [3.05, 3.63) is 41.2 Å². The van der Waals surface area contributed by atoms with Gasteiger partial charge in [0.25, 0.3) is 11.8 Å². The van der Waals surface area contributed by atoms with Crippen LogP contribution in [-0.4, -0.2) is 23.0 Å². The number of fused-ring (bicyclic) bond motifs is 1. The maximum Gasteiger partial charge on any atom is 0.416 e. The maximum absolute atomic E-state index is 12.5. The molecule has 5 nitrogen and oxygen atoms in total. The number of halogens is 3. The number of rotatable bonds is 2. The Morgan fingerprint density at radius 1 is 1.21 bits per heavy atom. The minimum Gasteiger partial charge on any atom is -0.511 e. The molecular formula is C16H15F3N2O3. The van der Waals surface area contributed by atoms with Crippen LogP contribution >= 0.6 is 0 Å². The molecule has 2 amide bonds. The van der Waals surface area contributed by atoms with Crippen molar-refractivity contribution >= 4 is 17.5 Å². The molecule has 3 N–H and O–H groups in total. The molecule has 0 aromatic heterocycles. The molecule has 0 saturated heterocycles. The van der Waals surface area contributed by atoms with Crippen LogP contribution in [0.1, 0.15) is 24.8 Å². The SMILES string of the molecule is O=C(Nc1ccc(C(F)(F)F)cc1)C1=C(O)[C@@H]2CCC[C@@H]2NC1=O. The highest BCUT2D eigenvalue weighted by Gasteiger charge is 2.41. The highest BCUT2D eigenvalue weighted by Crippen LogP contribution is 2.35. The fourth-order valence-corrected chi connectivity index (χ4v) is 3.16. The third-order valence-electron chi connectivity index (χ3n) is 4.36. The van der Waals surface area contributed by atoms with Gasteiger partial charge in [0.1, 0.15) is 11.3 Å². The lowest BCUT2D eigenvalue weighted by Gasteiger charge is -2.27. The molecule has 0 radical (unpaired) electrons. The van der Waals surface area contributed by atoms with Gasteiger partial charge in [-0.2, -0.15) is 13.2 Å². The Balaban J connectivity index is 1.79. The minimum atomic E-state index is -4.47. The zero-order valence-electron chi connectivity index (χ0n) is 12.5. The maximum atomic E-state index is 12.5. The molecule has 0 unspecified atom stereocenters. The molecule has 1 saturated carbocycles. The van der Waals surface area contributed by atoms with E-state index >= 15 is 0 Å². The molecule has 8 heteroatoms. The van der Waals surface area contributed by atoms with Crippen LogP contribution < -0.4 is 10.6 Å². The van der Waals surface area contributed by atoms with Crippen molar-refractivity contribution in [3.8, 4) is 0 Å². The summed E-state index contributed by atoms with van der Waals surface area (Å²) >= 11 is 0. The third kappa shape index (κ3) is 2.95. The van der Waals surface area contributed by atoms with Gasteiger partial charge >= 0.3 is 6.18 Å². The molecule has 1 aliphatic carbocycles. The summed E-state index contributed by atoms with van der Waals surface area (Å²) in [7, 11) is 0. The molecule has 128 valence electrons. The summed E-state index contributed by atoms with van der Waals surface area (Å²) < 4.78 is 37.6. The highest BCUT2D eigenvalue weighted by atomic mass is 19.4. The van der Waals surface area contributed by atoms with Crippen molar-refractivity contribution < 1.29 is 27.9 Å². The van der Waals surface area contributed by atoms with Gasteiger partial charge in [-0.25, -0.2) is 0 Å². The summed E-state index contributed by atoms with van der Waals surface area (Å²) in [4.78, 5) is 24.3. The quantitative estimate of drug-likeness (QED) is 0.725. The molecule has 0 spiro atoms. The van der Waals surface area contributed by atoms with Crippen molar-refractivity contribution in [2.24, 2.45) is 5.92 Å². The third-order valence-corrected chi connectivity index (χ3v) is 4.36. The first kappa shape index (κ1) is 16.4. The molecule has 2 atom stereocenters. The summed E-state index contributed by atoms with van der Waals surface area (Å²) in [6, 6.07) is 3.69. The molecule has 2 aliphatic rings. The minimum absolute atomic E-state index is 0.106. The second-order valence-electron chi connectivity index (χ2n) is 5.91. The van der Waals surface area contributed by atoms with Crippen molar-refractivity contribution in [2.45, 2.75) is 31.5 Å². The van der Waals surface area contributed by atoms with Gasteiger partial charge in [-0.05, 0) is 37.1 Å². The van der Waals surface area contributed by atoms with E-state index in [0.717, 1.165) is 37.1 Å². The summed E-state index contributed by atoms with van der Waals surface area (Å²) in [6.45, 7) is 0. The molecule has 1 aromatic carbocycles. The van der Waals surface area contributed by atoms with E-state index in [1.807, 2.05) is 0 Å². The van der Waals surface area contributed by atoms with E-state index in [0.29, 0.717) is 6.42 Å². The topological polar surface area (TPSA) is 78.4 Å². The second kappa shape index (κ2) is 5.85. The number of carbonyl (C=O) groups is 2. The Morgan fingerprint density at radius 3 is 2.50 bits per heavy atom. The number of nitrogens with one attached hydrogen (secondary N) is 2. The van der Waals surface area contributed by atoms with Crippen molar-refractivity contribution in [1.82, 2.24) is 5.32 Å². The average molecular weight is 340 g/mol. The first-order chi connectivity index (χ1) is 11.3. The van der Waals surface area contributed by atoms with Crippen molar-refractivity contribution in [3.63, 3.8) is 0 Å². The van der Waals surface area contributed by atoms with Crippen LogP contribution in [0.3, 0.4) is 0 Å². The lowest BCUT2D eigenvalue weighted by molar-refractivity contribution is -0.137. The number of hydrogen-bond donors (Lipinski definition) is 3. The van der Waals surface area contributed by atoms with Gasteiger partial charge in [0, 0.05) is 17.6 Å². The van der Waals surface area contributed by atoms with Gasteiger partial charge in [-0.15, -0.1) is 0 Å². The number of carbonyl (C=O) groups excluding carboxylic acids is 2. The Hall–Kier alpha value is -2.51. The molecule has 1 fully saturated rings. The van der Waals surface area contributed by atoms with E-state index in [1.165, 1.54) is 0 Å². The number of hydrogen-bond acceptors (Lipinski definition) is 3. The molecule has 0 bridgehead atoms. The number of alkyl halides is 3. The standard InChI is InChI=1S/C16H15F3N2O3/c17-16(18,19)8-4-6-9(7-5-8)20-14(23)12-13(22)10-2-1-3-11(10)21-15(12)24/h4-7,10-11,22H,1-3H2,(H,20,23)(H,21,24)/t10-,11+/m1/s1. The Bertz CT molecular complexity index is 710. The summed E-state index contributed by atoms with van der Waals surface area (Å²) in [5.41, 5.74) is -1.11. The van der Waals surface area contributed by atoms with Gasteiger partial charge in [-0.1, -0.05) is 6.42 Å². The highest BCUT2D eigenvalue weighted by molar-refractivity contribution is 6.23. The Kier molecular flexibility index (Phi) is 3.98. The predicted octanol–water partition coefficient (Wildman–Crippen LogP) is 2.75. The summed E-state index contributed by atoms with van der Waals surface area (Å²) in [6.07, 6.45) is -2.21. The van der Waals surface area contributed by atoms with Crippen LogP contribution in [0.5, 0.6) is 0 Å². The van der Waals surface area contributed by atoms with Gasteiger partial charge in [-0.3, -0.25) is 9.59 Å². The van der Waals surface area contributed by atoms with E-state index in [4.69, 9.17) is 0 Å². The van der Waals surface area contributed by atoms with E-state index in [9.17, 15) is 27.9 Å². The predicted molar refractivity (Wildman–Crippen MR) is 79.0 cm³/mol. The average Bonchev–Trinajstić information content (AvgIpc) is 2.95. The number of amides is 2. The molecule has 3 rings (SSSR count). The zero-order chi connectivity index (χ0) is 17.5. The van der Waals surface area contributed by atoms with E-state index < -0.39 is 23.6 Å². The normalized spacial score (nSPS) is 23.7. The Morgan fingerprint density at radius 2 is 1.88 bits per heavy atom. The van der Waals surface area contributed by atoms with Crippen LogP contribution in [0, 0.1) is 5.92 Å². The van der Waals surface area contributed by atoms with Crippen LogP contribution in [0.4, 0.5) is 18.9 Å². The van der Waals surface area contributed by atoms with Gasteiger partial charge in [0.15, 0.2) is 0 Å². The van der Waals surface area contributed by atoms with Crippen molar-refractivity contribution in [2.75, 3.05) is 5.32 Å². The van der Waals surface area contributed by atoms with E-state index in [1.54, 1.807) is 0 Å². The number of aliphatic hydroxyl groups excluding tert-OH is 1. The lowest BCUT2D eigenvalue weighted by Crippen LogP contribution is -2.46. The monoisotopic (exact) mass is 340 g/mol. The van der Waals surface area contributed by atoms with Gasteiger partial charge < -0.3 is 15.7 Å². The lowest BCUT2D eigenvalue weighted by atomic mass is 9.92. The second-order valence-corrected chi connectivity index (χ2v) is 5.91. The first-order valence-electron chi connectivity index (χ1n) is 7.50. The van der Waals surface area contributed by atoms with Crippen LogP contribution in [-0.2, 0) is 15.8 Å². The zero-order valence-corrected chi connectivity index (χ0v) is 12.5. The summed E-state index contributed by atoms with van der Waals surface area (Å²) in [5, 5.41) is 15.3. The fraction of sp³-hybridized carbons (Fsp3) is 0.375. The number of aliphatic hydroxyl groups is 1. The smallest absolute Gasteiger partial charge is 0.416 e. The Labute approximate surface area is 135 Å². The van der Waals surface area contributed by atoms with Crippen LogP contribution in [0.25, 0.3) is 0 Å². The molecule has 1 heterocycles. The fourth-order valence-electron chi connectivity index (χ4n) is 3.16. The summed E-state index contributed by atoms with van der Waals surface area (Å²) in [5.74, 6) is -2.03. The van der Waals surface area contributed by atoms with Crippen molar-refractivity contribution in [1.29, 1.82) is 0 Å². The van der Waals surface area contributed by atoms with Gasteiger partial charge in [0.2, 0.25) is 0 Å². The number of anilines is 1. The van der Waals surface area contributed by atoms with E-state index in [-0.39, 0.29) is 29.0 Å². The van der Waals surface area contributed by atoms with Gasteiger partial charge in [0.05, 0.1) is 5.56 Å². The van der Waals surface area contributed by atoms with Crippen LogP contribution in [0.2, 0.25) is 0 Å². The van der Waals surface area contributed by atoms with E-state index in [2.05, 4.69) is 10.6 Å². The van der Waals surface area contributed by atoms with Crippen LogP contribution in [0.15, 0.2) is 35.6 Å². The first-order valence-corrected chi connectivity index (χ1v) is 7.50. The molecule has 1 aromatic rings.